The molecule has 0 aromatic rings. The summed E-state index contributed by atoms with van der Waals surface area (Å²) in [6, 6.07) is 0.373. The van der Waals surface area contributed by atoms with Crippen molar-refractivity contribution in [3.63, 3.8) is 0 Å². The lowest BCUT2D eigenvalue weighted by Crippen LogP contribution is -2.36. The minimum atomic E-state index is 0. The van der Waals surface area contributed by atoms with E-state index in [1.807, 2.05) is 11.8 Å². The van der Waals surface area contributed by atoms with Crippen LogP contribution in [0.5, 0.6) is 0 Å². The van der Waals surface area contributed by atoms with Crippen LogP contribution < -0.4 is 10.6 Å². The third-order valence-electron chi connectivity index (χ3n) is 2.54. The summed E-state index contributed by atoms with van der Waals surface area (Å²) in [6.07, 6.45) is 4.26. The first-order valence-electron chi connectivity index (χ1n) is 5.90. The molecule has 0 spiro atoms. The molecule has 1 heterocycles. The van der Waals surface area contributed by atoms with Crippen LogP contribution in [0.15, 0.2) is 0 Å². The molecule has 0 saturated carbocycles. The molecule has 5 heteroatoms. The smallest absolute Gasteiger partial charge is 0.221 e. The Morgan fingerprint density at radius 3 is 2.94 bits per heavy atom. The zero-order valence-corrected chi connectivity index (χ0v) is 11.6. The highest BCUT2D eigenvalue weighted by Crippen LogP contribution is 2.06. The topological polar surface area (TPSA) is 41.1 Å². The van der Waals surface area contributed by atoms with Crippen molar-refractivity contribution in [2.45, 2.75) is 38.6 Å². The van der Waals surface area contributed by atoms with Crippen molar-refractivity contribution in [2.24, 2.45) is 0 Å². The second-order valence-corrected chi connectivity index (χ2v) is 5.20. The molecular weight excluding hydrogens is 244 g/mol. The summed E-state index contributed by atoms with van der Waals surface area (Å²) in [4.78, 5) is 11.5. The van der Waals surface area contributed by atoms with E-state index in [4.69, 9.17) is 0 Å². The summed E-state index contributed by atoms with van der Waals surface area (Å²) in [5, 5.41) is 6.30. The highest BCUT2D eigenvalue weighted by atomic mass is 35.5. The lowest BCUT2D eigenvalue weighted by molar-refractivity contribution is -0.121. The minimum Gasteiger partial charge on any atom is -0.352 e. The molecule has 1 amide bonds. The summed E-state index contributed by atoms with van der Waals surface area (Å²) in [5.41, 5.74) is 0. The zero-order valence-electron chi connectivity index (χ0n) is 9.96. The van der Waals surface area contributed by atoms with Crippen molar-refractivity contribution in [2.75, 3.05) is 24.6 Å². The highest BCUT2D eigenvalue weighted by molar-refractivity contribution is 7.99. The first-order chi connectivity index (χ1) is 7.33. The molecule has 3 nitrogen and oxygen atoms in total. The Morgan fingerprint density at radius 2 is 2.31 bits per heavy atom. The van der Waals surface area contributed by atoms with Gasteiger partial charge >= 0.3 is 0 Å². The average molecular weight is 267 g/mol. The average Bonchev–Trinajstić information content (AvgIpc) is 2.70. The van der Waals surface area contributed by atoms with Gasteiger partial charge < -0.3 is 10.6 Å². The molecule has 0 aliphatic carbocycles. The van der Waals surface area contributed by atoms with Crippen molar-refractivity contribution in [3.05, 3.63) is 0 Å². The van der Waals surface area contributed by atoms with Crippen molar-refractivity contribution in [1.82, 2.24) is 10.6 Å². The second kappa shape index (κ2) is 10.2. The number of amides is 1. The molecule has 2 N–H and O–H groups in total. The monoisotopic (exact) mass is 266 g/mol. The Hall–Kier alpha value is 0.0700. The van der Waals surface area contributed by atoms with Crippen LogP contribution in [0.2, 0.25) is 0 Å². The first kappa shape index (κ1) is 16.1. The molecular formula is C11H23ClN2OS. The maximum absolute atomic E-state index is 11.5. The van der Waals surface area contributed by atoms with E-state index in [2.05, 4.69) is 17.6 Å². The Bertz CT molecular complexity index is 187. The predicted molar refractivity (Wildman–Crippen MR) is 73.5 cm³/mol. The van der Waals surface area contributed by atoms with Gasteiger partial charge in [0, 0.05) is 24.8 Å². The van der Waals surface area contributed by atoms with Gasteiger partial charge in [-0.05, 0) is 25.1 Å². The molecule has 1 unspecified atom stereocenters. The summed E-state index contributed by atoms with van der Waals surface area (Å²) >= 11 is 1.89. The van der Waals surface area contributed by atoms with Gasteiger partial charge in [-0.1, -0.05) is 13.3 Å². The third-order valence-corrected chi connectivity index (χ3v) is 3.61. The standard InChI is InChI=1S/C11H22N2OS.ClH/c1-2-3-7-15-8-5-11(14)13-10-4-6-12-9-10;/h10,12H,2-9H2,1H3,(H,13,14);1H. The molecule has 96 valence electrons. The Labute approximate surface area is 109 Å². The van der Waals surface area contributed by atoms with E-state index in [-0.39, 0.29) is 18.3 Å². The third kappa shape index (κ3) is 7.36. The van der Waals surface area contributed by atoms with Crippen molar-refractivity contribution < 1.29 is 4.79 Å². The first-order valence-corrected chi connectivity index (χ1v) is 7.06. The van der Waals surface area contributed by atoms with E-state index >= 15 is 0 Å². The van der Waals surface area contributed by atoms with E-state index < -0.39 is 0 Å². The number of halogens is 1. The van der Waals surface area contributed by atoms with Gasteiger partial charge in [0.15, 0.2) is 0 Å². The Balaban J connectivity index is 0.00000225. The van der Waals surface area contributed by atoms with Crippen LogP contribution in [0, 0.1) is 0 Å². The van der Waals surface area contributed by atoms with Gasteiger partial charge in [-0.3, -0.25) is 4.79 Å². The van der Waals surface area contributed by atoms with Gasteiger partial charge in [0.25, 0.3) is 0 Å². The molecule has 0 aromatic carbocycles. The molecule has 0 aromatic heterocycles. The Morgan fingerprint density at radius 1 is 1.50 bits per heavy atom. The van der Waals surface area contributed by atoms with Crippen molar-refractivity contribution in [1.29, 1.82) is 0 Å². The molecule has 16 heavy (non-hydrogen) atoms. The number of carbonyl (C=O) groups is 1. The van der Waals surface area contributed by atoms with Gasteiger partial charge in [0.1, 0.15) is 0 Å². The van der Waals surface area contributed by atoms with Crippen LogP contribution in [-0.2, 0) is 4.79 Å². The summed E-state index contributed by atoms with van der Waals surface area (Å²) in [6.45, 7) is 4.17. The number of nitrogens with one attached hydrogen (secondary N) is 2. The summed E-state index contributed by atoms with van der Waals surface area (Å²) < 4.78 is 0. The number of hydrogen-bond acceptors (Lipinski definition) is 3. The lowest BCUT2D eigenvalue weighted by atomic mass is 10.2. The van der Waals surface area contributed by atoms with Gasteiger partial charge in [-0.25, -0.2) is 0 Å². The van der Waals surface area contributed by atoms with Crippen molar-refractivity contribution in [3.8, 4) is 0 Å². The predicted octanol–water partition coefficient (Wildman–Crippen LogP) is 1.81. The quantitative estimate of drug-likeness (QED) is 0.691. The molecule has 0 radical (unpaired) electrons. The maximum atomic E-state index is 11.5. The van der Waals surface area contributed by atoms with Crippen molar-refractivity contribution >= 4 is 30.1 Å². The fraction of sp³-hybridized carbons (Fsp3) is 0.909. The van der Waals surface area contributed by atoms with E-state index in [1.54, 1.807) is 0 Å². The fourth-order valence-corrected chi connectivity index (χ4v) is 2.62. The molecule has 1 fully saturated rings. The lowest BCUT2D eigenvalue weighted by Gasteiger charge is -2.10. The van der Waals surface area contributed by atoms with Crippen LogP contribution in [0.1, 0.15) is 32.6 Å². The number of carbonyl (C=O) groups excluding carboxylic acids is 1. The van der Waals surface area contributed by atoms with E-state index in [0.717, 1.165) is 25.3 Å². The summed E-state index contributed by atoms with van der Waals surface area (Å²) in [7, 11) is 0. The summed E-state index contributed by atoms with van der Waals surface area (Å²) in [5.74, 6) is 2.37. The van der Waals surface area contributed by atoms with E-state index in [0.29, 0.717) is 12.5 Å². The van der Waals surface area contributed by atoms with Crippen LogP contribution in [0.3, 0.4) is 0 Å². The normalized spacial score (nSPS) is 19.2. The van der Waals surface area contributed by atoms with E-state index in [1.165, 1.54) is 18.6 Å². The molecule has 1 saturated heterocycles. The zero-order chi connectivity index (χ0) is 10.9. The molecule has 1 aliphatic rings. The maximum Gasteiger partial charge on any atom is 0.221 e. The molecule has 0 bridgehead atoms. The SMILES string of the molecule is CCCCSCCC(=O)NC1CCNC1.Cl. The molecule has 1 aliphatic heterocycles. The van der Waals surface area contributed by atoms with Gasteiger partial charge in [0.2, 0.25) is 5.91 Å². The van der Waals surface area contributed by atoms with Crippen LogP contribution in [0.25, 0.3) is 0 Å². The van der Waals surface area contributed by atoms with Crippen LogP contribution >= 0.6 is 24.2 Å². The van der Waals surface area contributed by atoms with Gasteiger partial charge in [-0.15, -0.1) is 12.4 Å². The number of unbranched alkanes of at least 4 members (excludes halogenated alkanes) is 1. The number of hydrogen-bond donors (Lipinski definition) is 2. The van der Waals surface area contributed by atoms with E-state index in [9.17, 15) is 4.79 Å². The number of thioether (sulfide) groups is 1. The fourth-order valence-electron chi connectivity index (χ4n) is 1.59. The van der Waals surface area contributed by atoms with Crippen LogP contribution in [-0.4, -0.2) is 36.5 Å². The largest absolute Gasteiger partial charge is 0.352 e. The van der Waals surface area contributed by atoms with Crippen LogP contribution in [0.4, 0.5) is 0 Å². The highest BCUT2D eigenvalue weighted by Gasteiger charge is 2.15. The van der Waals surface area contributed by atoms with Gasteiger partial charge in [-0.2, -0.15) is 11.8 Å². The minimum absolute atomic E-state index is 0. The Kier molecular flexibility index (Phi) is 10.3. The second-order valence-electron chi connectivity index (χ2n) is 3.97. The molecule has 1 rings (SSSR count). The number of rotatable bonds is 7. The molecule has 1 atom stereocenters. The van der Waals surface area contributed by atoms with Gasteiger partial charge in [0.05, 0.1) is 0 Å².